The van der Waals surface area contributed by atoms with Gasteiger partial charge < -0.3 is 4.74 Å². The highest BCUT2D eigenvalue weighted by molar-refractivity contribution is 9.10. The number of hydrogen-bond acceptors (Lipinski definition) is 4. The van der Waals surface area contributed by atoms with Gasteiger partial charge in [-0.3, -0.25) is 9.59 Å². The Bertz CT molecular complexity index is 851. The Balaban J connectivity index is 1.97. The van der Waals surface area contributed by atoms with Crippen molar-refractivity contribution in [3.05, 3.63) is 62.4 Å². The van der Waals surface area contributed by atoms with Crippen molar-refractivity contribution in [2.24, 2.45) is 0 Å². The summed E-state index contributed by atoms with van der Waals surface area (Å²) in [5.41, 5.74) is 1.21. The van der Waals surface area contributed by atoms with Crippen molar-refractivity contribution in [3.8, 4) is 5.75 Å². The average Bonchev–Trinajstić information content (AvgIpc) is 2.83. The fraction of sp³-hybridized carbons (Fsp3) is 0.0588. The summed E-state index contributed by atoms with van der Waals surface area (Å²) in [6, 6.07) is 12.0. The number of carbonyl (C=O) groups is 2. The Morgan fingerprint density at radius 3 is 2.54 bits per heavy atom. The molecule has 0 radical (unpaired) electrons. The summed E-state index contributed by atoms with van der Waals surface area (Å²) in [7, 11) is 1.56. The quantitative estimate of drug-likeness (QED) is 0.623. The van der Waals surface area contributed by atoms with Crippen LogP contribution in [0.1, 0.15) is 5.56 Å². The van der Waals surface area contributed by atoms with E-state index in [0.29, 0.717) is 26.9 Å². The van der Waals surface area contributed by atoms with Crippen LogP contribution in [0.25, 0.3) is 6.08 Å². The summed E-state index contributed by atoms with van der Waals surface area (Å²) >= 11 is 10.1. The monoisotopic (exact) mass is 423 g/mol. The minimum absolute atomic E-state index is 0.339. The van der Waals surface area contributed by atoms with E-state index in [-0.39, 0.29) is 11.1 Å². The fourth-order valence-corrected chi connectivity index (χ4v) is 3.58. The Kier molecular flexibility index (Phi) is 4.99. The fourth-order valence-electron chi connectivity index (χ4n) is 2.24. The summed E-state index contributed by atoms with van der Waals surface area (Å²) in [4.78, 5) is 26.3. The molecule has 1 heterocycles. The predicted molar refractivity (Wildman–Crippen MR) is 101 cm³/mol. The number of nitrogens with zero attached hydrogens (tertiary/aromatic N) is 1. The van der Waals surface area contributed by atoms with Gasteiger partial charge in [-0.25, -0.2) is 4.90 Å². The van der Waals surface area contributed by atoms with Gasteiger partial charge in [0, 0.05) is 15.1 Å². The molecule has 0 saturated carbocycles. The van der Waals surface area contributed by atoms with Crippen molar-refractivity contribution in [1.82, 2.24) is 0 Å². The van der Waals surface area contributed by atoms with E-state index in [2.05, 4.69) is 15.9 Å². The number of halogens is 2. The highest BCUT2D eigenvalue weighted by atomic mass is 79.9. The topological polar surface area (TPSA) is 46.6 Å². The van der Waals surface area contributed by atoms with Crippen LogP contribution in [-0.4, -0.2) is 18.3 Å². The number of carbonyl (C=O) groups excluding carboxylic acids is 2. The molecule has 1 fully saturated rings. The molecule has 24 heavy (non-hydrogen) atoms. The number of anilines is 1. The number of imide groups is 1. The lowest BCUT2D eigenvalue weighted by atomic mass is 10.2. The maximum Gasteiger partial charge on any atom is 0.298 e. The first-order valence-electron chi connectivity index (χ1n) is 6.86. The molecule has 7 heteroatoms. The molecule has 2 amide bonds. The number of ether oxygens (including phenoxy) is 1. The third-order valence-electron chi connectivity index (χ3n) is 3.36. The van der Waals surface area contributed by atoms with E-state index in [0.717, 1.165) is 21.1 Å². The van der Waals surface area contributed by atoms with Gasteiger partial charge in [0.2, 0.25) is 0 Å². The molecule has 0 aromatic heterocycles. The van der Waals surface area contributed by atoms with E-state index in [1.165, 1.54) is 0 Å². The van der Waals surface area contributed by atoms with Crippen molar-refractivity contribution >= 4 is 62.2 Å². The van der Waals surface area contributed by atoms with Gasteiger partial charge in [0.05, 0.1) is 17.7 Å². The summed E-state index contributed by atoms with van der Waals surface area (Å²) in [6.07, 6.45) is 1.66. The summed E-state index contributed by atoms with van der Waals surface area (Å²) in [6.45, 7) is 0. The van der Waals surface area contributed by atoms with Crippen LogP contribution in [0.3, 0.4) is 0 Å². The molecule has 1 aliphatic rings. The number of amides is 2. The van der Waals surface area contributed by atoms with Crippen LogP contribution in [0, 0.1) is 0 Å². The minimum atomic E-state index is -0.366. The number of benzene rings is 2. The smallest absolute Gasteiger partial charge is 0.298 e. The maximum absolute atomic E-state index is 12.6. The zero-order chi connectivity index (χ0) is 17.3. The van der Waals surface area contributed by atoms with Crippen molar-refractivity contribution in [2.75, 3.05) is 12.0 Å². The predicted octanol–water partition coefficient (Wildman–Crippen LogP) is 5.35. The van der Waals surface area contributed by atoms with Crippen LogP contribution < -0.4 is 9.64 Å². The molecule has 0 spiro atoms. The lowest BCUT2D eigenvalue weighted by Crippen LogP contribution is -2.27. The summed E-state index contributed by atoms with van der Waals surface area (Å²) < 4.78 is 6.15. The standard InChI is InChI=1S/C17H11BrClNO3S/c1-23-14-7-2-11(18)8-10(14)9-15-16(21)20(17(22)24-15)13-5-3-12(19)4-6-13/h2-9H,1H3. The third kappa shape index (κ3) is 3.36. The molecule has 0 unspecified atom stereocenters. The van der Waals surface area contributed by atoms with Gasteiger partial charge in [0.25, 0.3) is 11.1 Å². The summed E-state index contributed by atoms with van der Waals surface area (Å²) in [5, 5.41) is 0.197. The molecular weight excluding hydrogens is 414 g/mol. The molecule has 1 saturated heterocycles. The molecule has 122 valence electrons. The first-order chi connectivity index (χ1) is 11.5. The van der Waals surface area contributed by atoms with Gasteiger partial charge in [-0.1, -0.05) is 27.5 Å². The molecule has 0 N–H and O–H groups in total. The molecule has 2 aromatic rings. The van der Waals surface area contributed by atoms with Crippen molar-refractivity contribution < 1.29 is 14.3 Å². The molecule has 0 aliphatic carbocycles. The first-order valence-corrected chi connectivity index (χ1v) is 8.85. The SMILES string of the molecule is COc1ccc(Br)cc1C=C1SC(=O)N(c2ccc(Cl)cc2)C1=O. The zero-order valence-corrected chi connectivity index (χ0v) is 15.6. The van der Waals surface area contributed by atoms with Gasteiger partial charge >= 0.3 is 0 Å². The van der Waals surface area contributed by atoms with Crippen LogP contribution in [0.15, 0.2) is 51.8 Å². The molecule has 1 aliphatic heterocycles. The molecule has 3 rings (SSSR count). The Morgan fingerprint density at radius 2 is 1.88 bits per heavy atom. The molecule has 0 atom stereocenters. The number of rotatable bonds is 3. The van der Waals surface area contributed by atoms with E-state index in [9.17, 15) is 9.59 Å². The van der Waals surface area contributed by atoms with Gasteiger partial charge in [0.15, 0.2) is 0 Å². The third-order valence-corrected chi connectivity index (χ3v) is 4.97. The van der Waals surface area contributed by atoms with Gasteiger partial charge in [-0.15, -0.1) is 0 Å². The summed E-state index contributed by atoms with van der Waals surface area (Å²) in [5.74, 6) is 0.255. The van der Waals surface area contributed by atoms with Crippen LogP contribution >= 0.6 is 39.3 Å². The van der Waals surface area contributed by atoms with E-state index in [4.69, 9.17) is 16.3 Å². The highest BCUT2D eigenvalue weighted by Crippen LogP contribution is 2.37. The molecule has 2 aromatic carbocycles. The van der Waals surface area contributed by atoms with Crippen LogP contribution in [0.5, 0.6) is 5.75 Å². The number of thioether (sulfide) groups is 1. The molecular formula is C17H11BrClNO3S. The van der Waals surface area contributed by atoms with E-state index in [1.54, 1.807) is 43.5 Å². The second-order valence-corrected chi connectivity index (χ2v) is 7.23. The van der Waals surface area contributed by atoms with E-state index in [1.807, 2.05) is 12.1 Å². The van der Waals surface area contributed by atoms with Crippen molar-refractivity contribution in [3.63, 3.8) is 0 Å². The zero-order valence-electron chi connectivity index (χ0n) is 12.5. The lowest BCUT2D eigenvalue weighted by Gasteiger charge is -2.12. The van der Waals surface area contributed by atoms with Crippen LogP contribution in [-0.2, 0) is 4.79 Å². The number of hydrogen-bond donors (Lipinski definition) is 0. The Labute approximate surface area is 156 Å². The van der Waals surface area contributed by atoms with Gasteiger partial charge in [-0.05, 0) is 60.3 Å². The van der Waals surface area contributed by atoms with Crippen LogP contribution in [0.4, 0.5) is 10.5 Å². The largest absolute Gasteiger partial charge is 0.496 e. The average molecular weight is 425 g/mol. The highest BCUT2D eigenvalue weighted by Gasteiger charge is 2.36. The second kappa shape index (κ2) is 7.01. The first kappa shape index (κ1) is 17.1. The number of methoxy groups -OCH3 is 1. The van der Waals surface area contributed by atoms with E-state index >= 15 is 0 Å². The normalized spacial score (nSPS) is 16.1. The molecule has 4 nitrogen and oxygen atoms in total. The van der Waals surface area contributed by atoms with Gasteiger partial charge in [0.1, 0.15) is 5.75 Å². The Hall–Kier alpha value is -1.76. The molecule has 0 bridgehead atoms. The Morgan fingerprint density at radius 1 is 1.17 bits per heavy atom. The minimum Gasteiger partial charge on any atom is -0.496 e. The van der Waals surface area contributed by atoms with Crippen LogP contribution in [0.2, 0.25) is 5.02 Å². The van der Waals surface area contributed by atoms with E-state index < -0.39 is 0 Å². The van der Waals surface area contributed by atoms with Gasteiger partial charge in [-0.2, -0.15) is 0 Å². The lowest BCUT2D eigenvalue weighted by molar-refractivity contribution is -0.113. The van der Waals surface area contributed by atoms with Crippen molar-refractivity contribution in [1.29, 1.82) is 0 Å². The maximum atomic E-state index is 12.6. The van der Waals surface area contributed by atoms with Crippen molar-refractivity contribution in [2.45, 2.75) is 0 Å². The second-order valence-electron chi connectivity index (χ2n) is 4.88.